The third kappa shape index (κ3) is 2.63. The number of aryl methyl sites for hydroxylation is 1. The van der Waals surface area contributed by atoms with Crippen molar-refractivity contribution in [2.75, 3.05) is 7.11 Å². The zero-order valence-electron chi connectivity index (χ0n) is 13.3. The standard InChI is InChI=1S/C19H16N2O3/c1-24-19(23)13-8-9-17-16(12-13)14-6-2-3-7-15(14)18(22)21(17)11-5-4-10-20/h2-3,6-9,12H,4-5,11H2,1H3. The van der Waals surface area contributed by atoms with Crippen LogP contribution in [0.25, 0.3) is 21.7 Å². The molecule has 1 heterocycles. The Morgan fingerprint density at radius 1 is 1.17 bits per heavy atom. The molecule has 0 aliphatic heterocycles. The van der Waals surface area contributed by atoms with Crippen molar-refractivity contribution in [3.63, 3.8) is 0 Å². The van der Waals surface area contributed by atoms with E-state index in [1.807, 2.05) is 18.2 Å². The van der Waals surface area contributed by atoms with Crippen LogP contribution in [0.2, 0.25) is 0 Å². The molecule has 120 valence electrons. The molecule has 0 saturated carbocycles. The molecule has 0 N–H and O–H groups in total. The van der Waals surface area contributed by atoms with Crippen LogP contribution < -0.4 is 5.56 Å². The Kier molecular flexibility index (Phi) is 4.30. The van der Waals surface area contributed by atoms with E-state index in [0.29, 0.717) is 30.3 Å². The van der Waals surface area contributed by atoms with E-state index in [-0.39, 0.29) is 5.56 Å². The quantitative estimate of drug-likeness (QED) is 0.420. The summed E-state index contributed by atoms with van der Waals surface area (Å²) in [6, 6.07) is 14.6. The Balaban J connectivity index is 2.33. The predicted octanol–water partition coefficient (Wildman–Crippen LogP) is 3.25. The summed E-state index contributed by atoms with van der Waals surface area (Å²) < 4.78 is 6.46. The molecule has 2 aromatic carbocycles. The first-order valence-electron chi connectivity index (χ1n) is 7.68. The predicted molar refractivity (Wildman–Crippen MR) is 91.9 cm³/mol. The van der Waals surface area contributed by atoms with Gasteiger partial charge < -0.3 is 9.30 Å². The van der Waals surface area contributed by atoms with Crippen LogP contribution in [0.15, 0.2) is 47.3 Å². The second-order valence-electron chi connectivity index (χ2n) is 5.49. The summed E-state index contributed by atoms with van der Waals surface area (Å²) >= 11 is 0. The molecule has 0 saturated heterocycles. The molecule has 0 fully saturated rings. The van der Waals surface area contributed by atoms with E-state index in [9.17, 15) is 9.59 Å². The number of benzene rings is 2. The van der Waals surface area contributed by atoms with Crippen LogP contribution in [0.5, 0.6) is 0 Å². The van der Waals surface area contributed by atoms with Gasteiger partial charge in [0, 0.05) is 23.7 Å². The Labute approximate surface area is 138 Å². The van der Waals surface area contributed by atoms with E-state index in [1.54, 1.807) is 28.8 Å². The molecule has 0 aliphatic rings. The molecule has 0 aliphatic carbocycles. The van der Waals surface area contributed by atoms with Crippen molar-refractivity contribution in [2.24, 2.45) is 0 Å². The maximum absolute atomic E-state index is 12.8. The normalized spacial score (nSPS) is 10.7. The molecule has 0 radical (unpaired) electrons. The molecule has 5 nitrogen and oxygen atoms in total. The minimum Gasteiger partial charge on any atom is -0.465 e. The van der Waals surface area contributed by atoms with Gasteiger partial charge in [0.25, 0.3) is 5.56 Å². The maximum atomic E-state index is 12.8. The van der Waals surface area contributed by atoms with Gasteiger partial charge in [-0.05, 0) is 36.1 Å². The van der Waals surface area contributed by atoms with E-state index in [0.717, 1.165) is 16.3 Å². The van der Waals surface area contributed by atoms with Crippen LogP contribution in [0, 0.1) is 11.3 Å². The van der Waals surface area contributed by atoms with E-state index in [4.69, 9.17) is 10.00 Å². The lowest BCUT2D eigenvalue weighted by atomic mass is 10.0. The van der Waals surface area contributed by atoms with E-state index in [2.05, 4.69) is 6.07 Å². The van der Waals surface area contributed by atoms with Gasteiger partial charge in [-0.1, -0.05) is 18.2 Å². The number of pyridine rings is 1. The number of carbonyl (C=O) groups excluding carboxylic acids is 1. The van der Waals surface area contributed by atoms with Gasteiger partial charge in [0.1, 0.15) is 0 Å². The van der Waals surface area contributed by atoms with Gasteiger partial charge >= 0.3 is 5.97 Å². The number of rotatable bonds is 4. The van der Waals surface area contributed by atoms with Gasteiger partial charge in [0.05, 0.1) is 24.3 Å². The number of hydrogen-bond donors (Lipinski definition) is 0. The highest BCUT2D eigenvalue weighted by Crippen LogP contribution is 2.24. The lowest BCUT2D eigenvalue weighted by Crippen LogP contribution is -2.21. The number of nitrogens with zero attached hydrogens (tertiary/aromatic N) is 2. The molecule has 0 amide bonds. The van der Waals surface area contributed by atoms with Gasteiger partial charge in [-0.2, -0.15) is 5.26 Å². The fourth-order valence-electron chi connectivity index (χ4n) is 2.93. The molecule has 0 spiro atoms. The zero-order valence-corrected chi connectivity index (χ0v) is 13.3. The van der Waals surface area contributed by atoms with E-state index in [1.165, 1.54) is 7.11 Å². The zero-order chi connectivity index (χ0) is 17.1. The number of carbonyl (C=O) groups is 1. The summed E-state index contributed by atoms with van der Waals surface area (Å²) in [6.07, 6.45) is 0.990. The third-order valence-electron chi connectivity index (χ3n) is 4.07. The molecule has 0 atom stereocenters. The Hall–Kier alpha value is -3.13. The summed E-state index contributed by atoms with van der Waals surface area (Å²) in [6.45, 7) is 0.464. The van der Waals surface area contributed by atoms with Crippen molar-refractivity contribution < 1.29 is 9.53 Å². The van der Waals surface area contributed by atoms with Crippen molar-refractivity contribution >= 4 is 27.6 Å². The first-order valence-corrected chi connectivity index (χ1v) is 7.68. The summed E-state index contributed by atoms with van der Waals surface area (Å²) in [4.78, 5) is 24.6. The Bertz CT molecular complexity index is 1030. The smallest absolute Gasteiger partial charge is 0.337 e. The van der Waals surface area contributed by atoms with Crippen LogP contribution in [0.3, 0.4) is 0 Å². The SMILES string of the molecule is COC(=O)c1ccc2c(c1)c1ccccc1c(=O)n2CCCC#N. The summed E-state index contributed by atoms with van der Waals surface area (Å²) in [5.74, 6) is -0.414. The van der Waals surface area contributed by atoms with Crippen molar-refractivity contribution in [2.45, 2.75) is 19.4 Å². The second kappa shape index (κ2) is 6.55. The van der Waals surface area contributed by atoms with Crippen LogP contribution in [-0.2, 0) is 11.3 Å². The minimum atomic E-state index is -0.414. The van der Waals surface area contributed by atoms with Crippen molar-refractivity contribution in [1.82, 2.24) is 4.57 Å². The van der Waals surface area contributed by atoms with Crippen LogP contribution in [-0.4, -0.2) is 17.6 Å². The highest BCUT2D eigenvalue weighted by Gasteiger charge is 2.13. The van der Waals surface area contributed by atoms with Crippen molar-refractivity contribution in [3.05, 3.63) is 58.4 Å². The molecular weight excluding hydrogens is 304 g/mol. The van der Waals surface area contributed by atoms with Gasteiger partial charge in [0.15, 0.2) is 0 Å². The van der Waals surface area contributed by atoms with Gasteiger partial charge in [-0.25, -0.2) is 4.79 Å². The summed E-state index contributed by atoms with van der Waals surface area (Å²) in [7, 11) is 1.34. The van der Waals surface area contributed by atoms with Crippen molar-refractivity contribution in [1.29, 1.82) is 5.26 Å². The number of hydrogen-bond acceptors (Lipinski definition) is 4. The number of aromatic nitrogens is 1. The molecule has 3 rings (SSSR count). The number of nitriles is 1. The maximum Gasteiger partial charge on any atom is 0.337 e. The van der Waals surface area contributed by atoms with Gasteiger partial charge in [-0.15, -0.1) is 0 Å². The fraction of sp³-hybridized carbons (Fsp3) is 0.211. The number of fused-ring (bicyclic) bond motifs is 3. The molecular formula is C19H16N2O3. The number of methoxy groups -OCH3 is 1. The first kappa shape index (κ1) is 15.8. The van der Waals surface area contributed by atoms with Gasteiger partial charge in [0.2, 0.25) is 0 Å². The third-order valence-corrected chi connectivity index (χ3v) is 4.07. The van der Waals surface area contributed by atoms with Crippen molar-refractivity contribution in [3.8, 4) is 6.07 Å². The van der Waals surface area contributed by atoms with E-state index >= 15 is 0 Å². The van der Waals surface area contributed by atoms with Gasteiger partial charge in [-0.3, -0.25) is 4.79 Å². The lowest BCUT2D eigenvalue weighted by molar-refractivity contribution is 0.0601. The second-order valence-corrected chi connectivity index (χ2v) is 5.49. The molecule has 24 heavy (non-hydrogen) atoms. The van der Waals surface area contributed by atoms with Crippen LogP contribution in [0.1, 0.15) is 23.2 Å². The molecule has 1 aromatic heterocycles. The summed E-state index contributed by atoms with van der Waals surface area (Å²) in [5, 5.41) is 11.0. The van der Waals surface area contributed by atoms with Crippen LogP contribution in [0.4, 0.5) is 0 Å². The lowest BCUT2D eigenvalue weighted by Gasteiger charge is -2.13. The highest BCUT2D eigenvalue weighted by atomic mass is 16.5. The number of ether oxygens (including phenoxy) is 1. The monoisotopic (exact) mass is 320 g/mol. The number of esters is 1. The average molecular weight is 320 g/mol. The fourth-order valence-corrected chi connectivity index (χ4v) is 2.93. The average Bonchev–Trinajstić information content (AvgIpc) is 2.63. The largest absolute Gasteiger partial charge is 0.465 e. The van der Waals surface area contributed by atoms with Crippen LogP contribution >= 0.6 is 0 Å². The summed E-state index contributed by atoms with van der Waals surface area (Å²) in [5.41, 5.74) is 1.11. The molecule has 0 unspecified atom stereocenters. The molecule has 0 bridgehead atoms. The topological polar surface area (TPSA) is 72.1 Å². The first-order chi connectivity index (χ1) is 11.7. The highest BCUT2D eigenvalue weighted by molar-refractivity contribution is 6.08. The Morgan fingerprint density at radius 2 is 1.92 bits per heavy atom. The Morgan fingerprint density at radius 3 is 2.62 bits per heavy atom. The number of unbranched alkanes of at least 4 members (excludes halogenated alkanes) is 1. The van der Waals surface area contributed by atoms with E-state index < -0.39 is 5.97 Å². The molecule has 3 aromatic rings. The molecule has 5 heteroatoms. The minimum absolute atomic E-state index is 0.0816.